The van der Waals surface area contributed by atoms with Gasteiger partial charge in [0.2, 0.25) is 0 Å². The lowest BCUT2D eigenvalue weighted by atomic mass is 10.2. The van der Waals surface area contributed by atoms with Gasteiger partial charge in [0.05, 0.1) is 6.61 Å². The van der Waals surface area contributed by atoms with E-state index >= 15 is 0 Å². The van der Waals surface area contributed by atoms with Gasteiger partial charge in [0.15, 0.2) is 0 Å². The third-order valence-corrected chi connectivity index (χ3v) is 2.96. The molecule has 0 unspecified atom stereocenters. The molecule has 0 spiro atoms. The average molecular weight is 262 g/mol. The molecule has 0 fully saturated rings. The van der Waals surface area contributed by atoms with Crippen LogP contribution in [-0.2, 0) is 6.54 Å². The summed E-state index contributed by atoms with van der Waals surface area (Å²) in [5, 5.41) is 10.4. The number of halogens is 2. The molecule has 0 saturated heterocycles. The van der Waals surface area contributed by atoms with Gasteiger partial charge in [-0.2, -0.15) is 0 Å². The summed E-state index contributed by atoms with van der Waals surface area (Å²) in [7, 11) is 0. The minimum atomic E-state index is 0.165. The van der Waals surface area contributed by atoms with Crippen molar-refractivity contribution in [3.05, 3.63) is 33.8 Å². The molecule has 0 atom stereocenters. The molecule has 1 rings (SSSR count). The van der Waals surface area contributed by atoms with Crippen molar-refractivity contribution in [1.82, 2.24) is 4.90 Å². The van der Waals surface area contributed by atoms with Crippen LogP contribution in [0.5, 0.6) is 0 Å². The van der Waals surface area contributed by atoms with Gasteiger partial charge in [-0.25, -0.2) is 0 Å². The zero-order valence-corrected chi connectivity index (χ0v) is 10.9. The first-order valence-electron chi connectivity index (χ1n) is 5.44. The normalized spacial score (nSPS) is 11.1. The number of rotatable bonds is 6. The third kappa shape index (κ3) is 4.30. The molecule has 0 aromatic heterocycles. The Kier molecular flexibility index (Phi) is 6.14. The second-order valence-electron chi connectivity index (χ2n) is 3.74. The molecule has 0 aliphatic carbocycles. The van der Waals surface area contributed by atoms with E-state index in [4.69, 9.17) is 28.3 Å². The molecule has 2 nitrogen and oxygen atoms in total. The van der Waals surface area contributed by atoms with Gasteiger partial charge in [-0.1, -0.05) is 30.1 Å². The number of aliphatic hydroxyl groups is 1. The fourth-order valence-corrected chi connectivity index (χ4v) is 2.00. The summed E-state index contributed by atoms with van der Waals surface area (Å²) in [6.07, 6.45) is 1.05. The van der Waals surface area contributed by atoms with Gasteiger partial charge in [-0.3, -0.25) is 4.90 Å². The van der Waals surface area contributed by atoms with Crippen molar-refractivity contribution in [2.45, 2.75) is 19.9 Å². The van der Waals surface area contributed by atoms with Gasteiger partial charge >= 0.3 is 0 Å². The standard InChI is InChI=1S/C12H17Cl2NO/c1-2-5-15(6-7-16)9-10-8-11(13)3-4-12(10)14/h3-4,8,16H,2,5-7,9H2,1H3. The Balaban J connectivity index is 2.71. The van der Waals surface area contributed by atoms with Crippen molar-refractivity contribution in [1.29, 1.82) is 0 Å². The zero-order valence-electron chi connectivity index (χ0n) is 9.42. The van der Waals surface area contributed by atoms with Crippen molar-refractivity contribution in [2.24, 2.45) is 0 Å². The van der Waals surface area contributed by atoms with Crippen molar-refractivity contribution in [3.63, 3.8) is 0 Å². The Morgan fingerprint density at radius 3 is 2.62 bits per heavy atom. The molecule has 16 heavy (non-hydrogen) atoms. The number of hydrogen-bond donors (Lipinski definition) is 1. The van der Waals surface area contributed by atoms with Crippen LogP contribution in [0.4, 0.5) is 0 Å². The van der Waals surface area contributed by atoms with Crippen LogP contribution in [0.25, 0.3) is 0 Å². The van der Waals surface area contributed by atoms with Gasteiger partial charge in [0.25, 0.3) is 0 Å². The first kappa shape index (κ1) is 13.8. The molecule has 4 heteroatoms. The Morgan fingerprint density at radius 2 is 2.00 bits per heavy atom. The number of benzene rings is 1. The quantitative estimate of drug-likeness (QED) is 0.851. The summed E-state index contributed by atoms with van der Waals surface area (Å²) in [5.74, 6) is 0. The van der Waals surface area contributed by atoms with E-state index in [-0.39, 0.29) is 6.61 Å². The topological polar surface area (TPSA) is 23.5 Å². The summed E-state index contributed by atoms with van der Waals surface area (Å²) >= 11 is 12.0. The van der Waals surface area contributed by atoms with Gasteiger partial charge in [0.1, 0.15) is 0 Å². The smallest absolute Gasteiger partial charge is 0.0558 e. The number of hydrogen-bond acceptors (Lipinski definition) is 2. The van der Waals surface area contributed by atoms with E-state index < -0.39 is 0 Å². The largest absolute Gasteiger partial charge is 0.395 e. The Morgan fingerprint density at radius 1 is 1.25 bits per heavy atom. The molecule has 0 saturated carbocycles. The predicted octanol–water partition coefficient (Wildman–Crippen LogP) is 3.20. The minimum absolute atomic E-state index is 0.165. The predicted molar refractivity (Wildman–Crippen MR) is 69.1 cm³/mol. The lowest BCUT2D eigenvalue weighted by Crippen LogP contribution is -2.27. The SMILES string of the molecule is CCCN(CCO)Cc1cc(Cl)ccc1Cl. The van der Waals surface area contributed by atoms with Gasteiger partial charge < -0.3 is 5.11 Å². The van der Waals surface area contributed by atoms with Crippen LogP contribution in [0.1, 0.15) is 18.9 Å². The molecule has 0 heterocycles. The first-order valence-corrected chi connectivity index (χ1v) is 6.20. The van der Waals surface area contributed by atoms with E-state index in [1.807, 2.05) is 12.1 Å². The monoisotopic (exact) mass is 261 g/mol. The van der Waals surface area contributed by atoms with Gasteiger partial charge in [-0.05, 0) is 36.7 Å². The highest BCUT2D eigenvalue weighted by Crippen LogP contribution is 2.22. The molecule has 1 aromatic carbocycles. The molecule has 0 aliphatic heterocycles. The van der Waals surface area contributed by atoms with Crippen LogP contribution in [0.15, 0.2) is 18.2 Å². The van der Waals surface area contributed by atoms with E-state index in [2.05, 4.69) is 11.8 Å². The fourth-order valence-electron chi connectivity index (χ4n) is 1.63. The van der Waals surface area contributed by atoms with Crippen LogP contribution < -0.4 is 0 Å². The first-order chi connectivity index (χ1) is 7.67. The van der Waals surface area contributed by atoms with Crippen LogP contribution in [0, 0.1) is 0 Å². The molecule has 90 valence electrons. The van der Waals surface area contributed by atoms with E-state index in [0.717, 1.165) is 30.1 Å². The highest BCUT2D eigenvalue weighted by Gasteiger charge is 2.07. The summed E-state index contributed by atoms with van der Waals surface area (Å²) in [6, 6.07) is 5.47. The van der Waals surface area contributed by atoms with Crippen LogP contribution >= 0.6 is 23.2 Å². The van der Waals surface area contributed by atoms with Crippen molar-refractivity contribution >= 4 is 23.2 Å². The highest BCUT2D eigenvalue weighted by molar-refractivity contribution is 6.33. The van der Waals surface area contributed by atoms with Gasteiger partial charge in [-0.15, -0.1) is 0 Å². The Hall–Kier alpha value is -0.280. The fraction of sp³-hybridized carbons (Fsp3) is 0.500. The van der Waals surface area contributed by atoms with Gasteiger partial charge in [0, 0.05) is 23.1 Å². The third-order valence-electron chi connectivity index (χ3n) is 2.36. The summed E-state index contributed by atoms with van der Waals surface area (Å²) < 4.78 is 0. The maximum atomic E-state index is 8.96. The highest BCUT2D eigenvalue weighted by atomic mass is 35.5. The second kappa shape index (κ2) is 7.13. The maximum Gasteiger partial charge on any atom is 0.0558 e. The summed E-state index contributed by atoms with van der Waals surface area (Å²) in [4.78, 5) is 2.16. The Bertz CT molecular complexity index is 325. The molecule has 0 radical (unpaired) electrons. The molecule has 1 aromatic rings. The molecule has 0 bridgehead atoms. The molecule has 0 aliphatic rings. The van der Waals surface area contributed by atoms with Crippen LogP contribution in [-0.4, -0.2) is 29.7 Å². The second-order valence-corrected chi connectivity index (χ2v) is 4.58. The van der Waals surface area contributed by atoms with E-state index in [1.54, 1.807) is 6.07 Å². The number of nitrogens with zero attached hydrogens (tertiary/aromatic N) is 1. The summed E-state index contributed by atoms with van der Waals surface area (Å²) in [6.45, 7) is 4.62. The lowest BCUT2D eigenvalue weighted by molar-refractivity contribution is 0.190. The Labute approximate surface area is 107 Å². The molecular weight excluding hydrogens is 245 g/mol. The summed E-state index contributed by atoms with van der Waals surface area (Å²) in [5.41, 5.74) is 1.01. The molecule has 1 N–H and O–H groups in total. The van der Waals surface area contributed by atoms with E-state index in [1.165, 1.54) is 0 Å². The molecule has 0 amide bonds. The van der Waals surface area contributed by atoms with E-state index in [9.17, 15) is 0 Å². The van der Waals surface area contributed by atoms with Crippen LogP contribution in [0.2, 0.25) is 10.0 Å². The number of aliphatic hydroxyl groups excluding tert-OH is 1. The van der Waals surface area contributed by atoms with Crippen molar-refractivity contribution in [2.75, 3.05) is 19.7 Å². The van der Waals surface area contributed by atoms with E-state index in [0.29, 0.717) is 11.6 Å². The maximum absolute atomic E-state index is 8.96. The average Bonchev–Trinajstić information content (AvgIpc) is 2.24. The zero-order chi connectivity index (χ0) is 12.0. The molecular formula is C12H17Cl2NO. The minimum Gasteiger partial charge on any atom is -0.395 e. The van der Waals surface area contributed by atoms with Crippen LogP contribution in [0.3, 0.4) is 0 Å². The van der Waals surface area contributed by atoms with Crippen molar-refractivity contribution < 1.29 is 5.11 Å². The van der Waals surface area contributed by atoms with Crippen molar-refractivity contribution in [3.8, 4) is 0 Å². The lowest BCUT2D eigenvalue weighted by Gasteiger charge is -2.21.